The highest BCUT2D eigenvalue weighted by atomic mass is 16.5. The standard InChI is InChI=1S/C22H29N3O2/c1-16(2)18-8-10-19(11-9-18)22-24-21(27-25-22)13-12-20(26)23-15-14-17-6-4-3-5-7-17/h6,8-11,16H,3-5,7,12-15H2,1-2H3,(H,23,26). The third kappa shape index (κ3) is 5.78. The highest BCUT2D eigenvalue weighted by Gasteiger charge is 2.11. The molecule has 1 aromatic carbocycles. The Morgan fingerprint density at radius 2 is 2.00 bits per heavy atom. The van der Waals surface area contributed by atoms with E-state index in [1.54, 1.807) is 0 Å². The van der Waals surface area contributed by atoms with Crippen molar-refractivity contribution in [1.82, 2.24) is 15.5 Å². The molecule has 0 radical (unpaired) electrons. The van der Waals surface area contributed by atoms with Crippen LogP contribution in [0.25, 0.3) is 11.4 Å². The van der Waals surface area contributed by atoms with Crippen LogP contribution in [-0.2, 0) is 11.2 Å². The van der Waals surface area contributed by atoms with E-state index in [2.05, 4.69) is 47.5 Å². The van der Waals surface area contributed by atoms with Gasteiger partial charge in [-0.15, -0.1) is 0 Å². The van der Waals surface area contributed by atoms with Crippen molar-refractivity contribution >= 4 is 5.91 Å². The number of carbonyl (C=O) groups excluding carboxylic acids is 1. The molecule has 1 amide bonds. The van der Waals surface area contributed by atoms with Crippen molar-refractivity contribution in [2.24, 2.45) is 0 Å². The summed E-state index contributed by atoms with van der Waals surface area (Å²) in [7, 11) is 0. The summed E-state index contributed by atoms with van der Waals surface area (Å²) in [6, 6.07) is 8.20. The van der Waals surface area contributed by atoms with Gasteiger partial charge in [-0.3, -0.25) is 4.79 Å². The SMILES string of the molecule is CC(C)c1ccc(-c2noc(CCC(=O)NCCC3=CCCCC3)n2)cc1. The van der Waals surface area contributed by atoms with Crippen molar-refractivity contribution in [2.45, 2.75) is 64.7 Å². The lowest BCUT2D eigenvalue weighted by Gasteiger charge is -2.12. The van der Waals surface area contributed by atoms with E-state index < -0.39 is 0 Å². The first-order valence-corrected chi connectivity index (χ1v) is 9.99. The van der Waals surface area contributed by atoms with Crippen LogP contribution in [0.1, 0.15) is 69.7 Å². The number of hydrogen-bond acceptors (Lipinski definition) is 4. The van der Waals surface area contributed by atoms with Gasteiger partial charge in [0.15, 0.2) is 0 Å². The topological polar surface area (TPSA) is 68.0 Å². The number of hydrogen-bond donors (Lipinski definition) is 1. The summed E-state index contributed by atoms with van der Waals surface area (Å²) in [6.07, 6.45) is 9.05. The quantitative estimate of drug-likeness (QED) is 0.681. The molecule has 1 heterocycles. The molecule has 27 heavy (non-hydrogen) atoms. The first-order chi connectivity index (χ1) is 13.1. The number of carbonyl (C=O) groups is 1. The lowest BCUT2D eigenvalue weighted by molar-refractivity contribution is -0.121. The average Bonchev–Trinajstić information content (AvgIpc) is 3.16. The molecule has 1 aliphatic carbocycles. The minimum atomic E-state index is 0.0347. The Morgan fingerprint density at radius 3 is 2.70 bits per heavy atom. The van der Waals surface area contributed by atoms with Crippen LogP contribution in [0.3, 0.4) is 0 Å². The Hall–Kier alpha value is -2.43. The molecule has 0 unspecified atom stereocenters. The van der Waals surface area contributed by atoms with Crippen molar-refractivity contribution < 1.29 is 9.32 Å². The molecule has 0 fully saturated rings. The fraction of sp³-hybridized carbons (Fsp3) is 0.500. The molecule has 0 bridgehead atoms. The van der Waals surface area contributed by atoms with Gasteiger partial charge in [-0.2, -0.15) is 4.98 Å². The Balaban J connectivity index is 1.43. The van der Waals surface area contributed by atoms with E-state index in [0.29, 0.717) is 37.0 Å². The number of aryl methyl sites for hydroxylation is 1. The number of nitrogens with zero attached hydrogens (tertiary/aromatic N) is 2. The zero-order chi connectivity index (χ0) is 19.1. The van der Waals surface area contributed by atoms with Crippen molar-refractivity contribution in [3.63, 3.8) is 0 Å². The summed E-state index contributed by atoms with van der Waals surface area (Å²) < 4.78 is 5.30. The Morgan fingerprint density at radius 1 is 1.19 bits per heavy atom. The maximum absolute atomic E-state index is 12.0. The summed E-state index contributed by atoms with van der Waals surface area (Å²) in [5, 5.41) is 7.02. The largest absolute Gasteiger partial charge is 0.356 e. The Kier molecular flexibility index (Phi) is 6.80. The first-order valence-electron chi connectivity index (χ1n) is 9.99. The van der Waals surface area contributed by atoms with Gasteiger partial charge in [-0.05, 0) is 43.6 Å². The van der Waals surface area contributed by atoms with Crippen LogP contribution in [0.15, 0.2) is 40.4 Å². The molecule has 5 heteroatoms. The van der Waals surface area contributed by atoms with Crippen molar-refractivity contribution in [2.75, 3.05) is 6.54 Å². The smallest absolute Gasteiger partial charge is 0.227 e. The predicted octanol–water partition coefficient (Wildman–Crippen LogP) is 4.80. The third-order valence-electron chi connectivity index (χ3n) is 5.02. The van der Waals surface area contributed by atoms with Gasteiger partial charge >= 0.3 is 0 Å². The highest BCUT2D eigenvalue weighted by molar-refractivity contribution is 5.76. The van der Waals surface area contributed by atoms with Gasteiger partial charge in [0.25, 0.3) is 0 Å². The van der Waals surface area contributed by atoms with E-state index in [4.69, 9.17) is 4.52 Å². The van der Waals surface area contributed by atoms with Gasteiger partial charge in [0.2, 0.25) is 17.6 Å². The molecule has 0 saturated heterocycles. The van der Waals surface area contributed by atoms with E-state index in [0.717, 1.165) is 12.0 Å². The van der Waals surface area contributed by atoms with Crippen LogP contribution in [0.4, 0.5) is 0 Å². The highest BCUT2D eigenvalue weighted by Crippen LogP contribution is 2.21. The molecule has 1 aliphatic rings. The zero-order valence-corrected chi connectivity index (χ0v) is 16.3. The van der Waals surface area contributed by atoms with E-state index in [1.165, 1.54) is 36.8 Å². The predicted molar refractivity (Wildman–Crippen MR) is 106 cm³/mol. The third-order valence-corrected chi connectivity index (χ3v) is 5.02. The second-order valence-corrected chi connectivity index (χ2v) is 7.50. The lowest BCUT2D eigenvalue weighted by Crippen LogP contribution is -2.25. The van der Waals surface area contributed by atoms with Gasteiger partial charge in [-0.1, -0.05) is 54.9 Å². The fourth-order valence-electron chi connectivity index (χ4n) is 3.29. The molecule has 0 atom stereocenters. The fourth-order valence-corrected chi connectivity index (χ4v) is 3.29. The van der Waals surface area contributed by atoms with Gasteiger partial charge in [0, 0.05) is 24.9 Å². The maximum atomic E-state index is 12.0. The summed E-state index contributed by atoms with van der Waals surface area (Å²) in [5.74, 6) is 1.60. The molecule has 0 spiro atoms. The summed E-state index contributed by atoms with van der Waals surface area (Å²) in [5.41, 5.74) is 3.69. The van der Waals surface area contributed by atoms with Gasteiger partial charge in [0.05, 0.1) is 0 Å². The van der Waals surface area contributed by atoms with Crippen LogP contribution in [0.5, 0.6) is 0 Å². The van der Waals surface area contributed by atoms with Crippen molar-refractivity contribution in [3.05, 3.63) is 47.4 Å². The van der Waals surface area contributed by atoms with Crippen LogP contribution in [0, 0.1) is 0 Å². The lowest BCUT2D eigenvalue weighted by atomic mass is 9.97. The van der Waals surface area contributed by atoms with Gasteiger partial charge in [-0.25, -0.2) is 0 Å². The summed E-state index contributed by atoms with van der Waals surface area (Å²) in [6.45, 7) is 5.04. The molecular weight excluding hydrogens is 338 g/mol. The summed E-state index contributed by atoms with van der Waals surface area (Å²) in [4.78, 5) is 16.4. The minimum absolute atomic E-state index is 0.0347. The first kappa shape index (κ1) is 19.3. The van der Waals surface area contributed by atoms with Crippen LogP contribution in [-0.4, -0.2) is 22.6 Å². The number of allylic oxidation sites excluding steroid dienone is 1. The molecule has 1 N–H and O–H groups in total. The van der Waals surface area contributed by atoms with Crippen LogP contribution in [0.2, 0.25) is 0 Å². The van der Waals surface area contributed by atoms with Gasteiger partial charge < -0.3 is 9.84 Å². The molecule has 1 aromatic heterocycles. The van der Waals surface area contributed by atoms with Crippen LogP contribution >= 0.6 is 0 Å². The molecule has 144 valence electrons. The minimum Gasteiger partial charge on any atom is -0.356 e. The van der Waals surface area contributed by atoms with E-state index in [9.17, 15) is 4.79 Å². The normalized spacial score (nSPS) is 14.3. The van der Waals surface area contributed by atoms with Crippen LogP contribution < -0.4 is 5.32 Å². The number of rotatable bonds is 8. The molecule has 0 aliphatic heterocycles. The number of benzene rings is 1. The van der Waals surface area contributed by atoms with Gasteiger partial charge in [0.1, 0.15) is 0 Å². The van der Waals surface area contributed by atoms with Crippen molar-refractivity contribution in [1.29, 1.82) is 0 Å². The molecule has 0 saturated carbocycles. The molecular formula is C22H29N3O2. The number of nitrogens with one attached hydrogen (secondary N) is 1. The monoisotopic (exact) mass is 367 g/mol. The second-order valence-electron chi connectivity index (χ2n) is 7.50. The second kappa shape index (κ2) is 9.49. The summed E-state index contributed by atoms with van der Waals surface area (Å²) >= 11 is 0. The van der Waals surface area contributed by atoms with E-state index in [1.807, 2.05) is 12.1 Å². The molecule has 3 rings (SSSR count). The number of amides is 1. The zero-order valence-electron chi connectivity index (χ0n) is 16.3. The number of aromatic nitrogens is 2. The average molecular weight is 367 g/mol. The van der Waals surface area contributed by atoms with E-state index in [-0.39, 0.29) is 5.91 Å². The molecule has 5 nitrogen and oxygen atoms in total. The Labute approximate surface area is 161 Å². The molecule has 2 aromatic rings. The maximum Gasteiger partial charge on any atom is 0.227 e. The van der Waals surface area contributed by atoms with Crippen molar-refractivity contribution in [3.8, 4) is 11.4 Å². The Bertz CT molecular complexity index is 775. The van der Waals surface area contributed by atoms with E-state index >= 15 is 0 Å².